The number of aryl methyl sites for hydroxylation is 1. The van der Waals surface area contributed by atoms with Crippen molar-refractivity contribution in [3.05, 3.63) is 17.6 Å². The van der Waals surface area contributed by atoms with Crippen LogP contribution in [0.5, 0.6) is 0 Å². The van der Waals surface area contributed by atoms with Gasteiger partial charge in [-0.1, -0.05) is 0 Å². The maximum absolute atomic E-state index is 12.5. The average molecular weight is 306 g/mol. The molecule has 0 aromatic carbocycles. The molecule has 0 atom stereocenters. The van der Waals surface area contributed by atoms with Gasteiger partial charge < -0.3 is 14.5 Å². The van der Waals surface area contributed by atoms with Crippen LogP contribution >= 0.6 is 0 Å². The maximum atomic E-state index is 12.5. The predicted molar refractivity (Wildman–Crippen MR) is 85.8 cm³/mol. The lowest BCUT2D eigenvalue weighted by molar-refractivity contribution is -0.139. The zero-order valence-electron chi connectivity index (χ0n) is 14.4. The number of carbonyl (C=O) groups excluding carboxylic acids is 1. The van der Waals surface area contributed by atoms with Crippen molar-refractivity contribution >= 4 is 11.7 Å². The summed E-state index contributed by atoms with van der Waals surface area (Å²) in [6.45, 7) is 11.7. The van der Waals surface area contributed by atoms with Gasteiger partial charge in [0.25, 0.3) is 0 Å². The van der Waals surface area contributed by atoms with Gasteiger partial charge in [-0.2, -0.15) is 0 Å². The second-order valence-corrected chi connectivity index (χ2v) is 6.74. The van der Waals surface area contributed by atoms with Gasteiger partial charge in [-0.05, 0) is 34.6 Å². The van der Waals surface area contributed by atoms with Crippen LogP contribution in [0.2, 0.25) is 0 Å². The van der Waals surface area contributed by atoms with Gasteiger partial charge >= 0.3 is 0 Å². The summed E-state index contributed by atoms with van der Waals surface area (Å²) in [5, 5.41) is 0. The summed E-state index contributed by atoms with van der Waals surface area (Å²) in [6, 6.07) is 2.12. The van der Waals surface area contributed by atoms with E-state index in [1.54, 1.807) is 7.11 Å². The second kappa shape index (κ2) is 6.20. The van der Waals surface area contributed by atoms with Crippen LogP contribution < -0.4 is 4.90 Å². The van der Waals surface area contributed by atoms with E-state index in [4.69, 9.17) is 4.74 Å². The summed E-state index contributed by atoms with van der Waals surface area (Å²) in [5.74, 6) is 1.58. The Bertz CT molecular complexity index is 557. The van der Waals surface area contributed by atoms with Gasteiger partial charge in [-0.15, -0.1) is 0 Å². The number of amides is 1. The summed E-state index contributed by atoms with van der Waals surface area (Å²) in [5.41, 5.74) is 0.651. The van der Waals surface area contributed by atoms with E-state index in [0.717, 1.165) is 18.1 Å². The highest BCUT2D eigenvalue weighted by Gasteiger charge is 2.40. The van der Waals surface area contributed by atoms with E-state index < -0.39 is 0 Å². The van der Waals surface area contributed by atoms with Crippen LogP contribution in [-0.2, 0) is 16.1 Å². The number of piperazine rings is 1. The minimum Gasteiger partial charge on any atom is -0.377 e. The van der Waals surface area contributed by atoms with Gasteiger partial charge in [0.15, 0.2) is 5.82 Å². The highest BCUT2D eigenvalue weighted by atomic mass is 16.5. The van der Waals surface area contributed by atoms with E-state index in [1.165, 1.54) is 0 Å². The normalized spacial score (nSPS) is 18.2. The van der Waals surface area contributed by atoms with Crippen molar-refractivity contribution in [1.82, 2.24) is 14.9 Å². The number of hydrogen-bond acceptors (Lipinski definition) is 5. The summed E-state index contributed by atoms with van der Waals surface area (Å²) in [4.78, 5) is 25.4. The number of ether oxygens (including phenoxy) is 1. The highest BCUT2D eigenvalue weighted by Crippen LogP contribution is 2.27. The number of methoxy groups -OCH3 is 1. The molecule has 2 heterocycles. The van der Waals surface area contributed by atoms with E-state index in [9.17, 15) is 4.79 Å². The van der Waals surface area contributed by atoms with Gasteiger partial charge in [0.1, 0.15) is 12.4 Å². The first-order chi connectivity index (χ1) is 10.2. The highest BCUT2D eigenvalue weighted by molar-refractivity contribution is 5.83. The topological polar surface area (TPSA) is 58.6 Å². The molecule has 1 saturated heterocycles. The third kappa shape index (κ3) is 3.38. The lowest BCUT2D eigenvalue weighted by Gasteiger charge is -2.49. The molecule has 0 saturated carbocycles. The molecule has 1 aliphatic heterocycles. The SMILES string of the molecule is COCc1nc(C)cc(N2CC(=O)N(C(C)C)C(C)(C)C2)n1. The maximum Gasteiger partial charge on any atom is 0.242 e. The molecule has 0 spiro atoms. The standard InChI is InChI=1S/C16H26N4O2/c1-11(2)20-15(21)8-19(10-16(20,4)5)14-7-12(3)17-13(18-14)9-22-6/h7,11H,8-10H2,1-6H3. The molecular weight excluding hydrogens is 280 g/mol. The van der Waals surface area contributed by atoms with Gasteiger partial charge in [0.05, 0.1) is 12.1 Å². The first kappa shape index (κ1) is 16.7. The molecule has 1 fully saturated rings. The molecule has 0 radical (unpaired) electrons. The molecule has 0 unspecified atom stereocenters. The fraction of sp³-hybridized carbons (Fsp3) is 0.688. The summed E-state index contributed by atoms with van der Waals surface area (Å²) in [6.07, 6.45) is 0. The smallest absolute Gasteiger partial charge is 0.242 e. The van der Waals surface area contributed by atoms with Crippen LogP contribution in [0.25, 0.3) is 0 Å². The van der Waals surface area contributed by atoms with Crippen LogP contribution in [-0.4, -0.2) is 52.6 Å². The Balaban J connectivity index is 2.30. The minimum absolute atomic E-state index is 0.135. The van der Waals surface area contributed by atoms with Crippen LogP contribution in [0.1, 0.15) is 39.2 Å². The molecule has 122 valence electrons. The lowest BCUT2D eigenvalue weighted by Crippen LogP contribution is -2.64. The van der Waals surface area contributed by atoms with E-state index in [2.05, 4.69) is 37.7 Å². The van der Waals surface area contributed by atoms with Crippen molar-refractivity contribution in [3.8, 4) is 0 Å². The van der Waals surface area contributed by atoms with E-state index in [0.29, 0.717) is 19.0 Å². The fourth-order valence-corrected chi connectivity index (χ4v) is 3.29. The van der Waals surface area contributed by atoms with Crippen molar-refractivity contribution in [1.29, 1.82) is 0 Å². The first-order valence-corrected chi connectivity index (χ1v) is 7.65. The number of anilines is 1. The van der Waals surface area contributed by atoms with E-state index in [1.807, 2.05) is 22.8 Å². The lowest BCUT2D eigenvalue weighted by atomic mass is 9.96. The summed E-state index contributed by atoms with van der Waals surface area (Å²) >= 11 is 0. The largest absolute Gasteiger partial charge is 0.377 e. The van der Waals surface area contributed by atoms with Crippen molar-refractivity contribution in [2.24, 2.45) is 0 Å². The van der Waals surface area contributed by atoms with Gasteiger partial charge in [0, 0.05) is 31.5 Å². The number of nitrogens with zero attached hydrogens (tertiary/aromatic N) is 4. The van der Waals surface area contributed by atoms with Crippen molar-refractivity contribution in [2.45, 2.75) is 52.8 Å². The summed E-state index contributed by atoms with van der Waals surface area (Å²) in [7, 11) is 1.62. The van der Waals surface area contributed by atoms with Crippen LogP contribution in [0.4, 0.5) is 5.82 Å². The van der Waals surface area contributed by atoms with Crippen molar-refractivity contribution < 1.29 is 9.53 Å². The van der Waals surface area contributed by atoms with Gasteiger partial charge in [-0.25, -0.2) is 9.97 Å². The molecule has 22 heavy (non-hydrogen) atoms. The molecule has 6 nitrogen and oxygen atoms in total. The van der Waals surface area contributed by atoms with Crippen LogP contribution in [0, 0.1) is 6.92 Å². The van der Waals surface area contributed by atoms with E-state index in [-0.39, 0.29) is 17.5 Å². The minimum atomic E-state index is -0.232. The number of rotatable bonds is 4. The molecule has 1 aromatic heterocycles. The molecule has 1 aromatic rings. The van der Waals surface area contributed by atoms with Gasteiger partial charge in [-0.3, -0.25) is 4.79 Å². The number of aromatic nitrogens is 2. The Morgan fingerprint density at radius 2 is 2.05 bits per heavy atom. The molecule has 0 N–H and O–H groups in total. The van der Waals surface area contributed by atoms with Crippen LogP contribution in [0.3, 0.4) is 0 Å². The Kier molecular flexibility index (Phi) is 4.70. The predicted octanol–water partition coefficient (Wildman–Crippen LogP) is 1.77. The molecule has 1 aliphatic rings. The Morgan fingerprint density at radius 3 is 2.59 bits per heavy atom. The Hall–Kier alpha value is -1.69. The zero-order valence-corrected chi connectivity index (χ0v) is 14.4. The van der Waals surface area contributed by atoms with Crippen molar-refractivity contribution in [3.63, 3.8) is 0 Å². The monoisotopic (exact) mass is 306 g/mol. The number of hydrogen-bond donors (Lipinski definition) is 0. The zero-order chi connectivity index (χ0) is 16.5. The summed E-state index contributed by atoms with van der Waals surface area (Å²) < 4.78 is 5.12. The Morgan fingerprint density at radius 1 is 1.36 bits per heavy atom. The fourth-order valence-electron chi connectivity index (χ4n) is 3.29. The molecular formula is C16H26N4O2. The third-order valence-electron chi connectivity index (χ3n) is 3.83. The molecule has 6 heteroatoms. The average Bonchev–Trinajstić information content (AvgIpc) is 2.35. The van der Waals surface area contributed by atoms with Crippen LogP contribution in [0.15, 0.2) is 6.07 Å². The Labute approximate surface area is 132 Å². The third-order valence-corrected chi connectivity index (χ3v) is 3.83. The first-order valence-electron chi connectivity index (χ1n) is 7.65. The molecule has 0 aliphatic carbocycles. The molecule has 0 bridgehead atoms. The second-order valence-electron chi connectivity index (χ2n) is 6.74. The van der Waals surface area contributed by atoms with Crippen molar-refractivity contribution in [2.75, 3.05) is 25.1 Å². The number of carbonyl (C=O) groups is 1. The molecule has 2 rings (SSSR count). The molecule has 1 amide bonds. The van der Waals surface area contributed by atoms with E-state index >= 15 is 0 Å². The quantitative estimate of drug-likeness (QED) is 0.848. The van der Waals surface area contributed by atoms with Gasteiger partial charge in [0.2, 0.25) is 5.91 Å².